The van der Waals surface area contributed by atoms with E-state index < -0.39 is 22.0 Å². The summed E-state index contributed by atoms with van der Waals surface area (Å²) >= 11 is 2.76. The van der Waals surface area contributed by atoms with Crippen molar-refractivity contribution in [3.8, 4) is 11.5 Å². The molecule has 0 aliphatic carbocycles. The fourth-order valence-corrected chi connectivity index (χ4v) is 5.57. The number of carbonyl (C=O) groups is 1. The van der Waals surface area contributed by atoms with Crippen LogP contribution in [-0.4, -0.2) is 42.6 Å². The van der Waals surface area contributed by atoms with E-state index in [1.54, 1.807) is 24.3 Å². The number of sulfonamides is 1. The normalized spacial score (nSPS) is 12.2. The zero-order valence-corrected chi connectivity index (χ0v) is 19.6. The first kappa shape index (κ1) is 23.0. The van der Waals surface area contributed by atoms with Gasteiger partial charge in [0.15, 0.2) is 4.34 Å². The van der Waals surface area contributed by atoms with Crippen molar-refractivity contribution < 1.29 is 17.9 Å². The van der Waals surface area contributed by atoms with Crippen LogP contribution in [0.2, 0.25) is 0 Å². The highest BCUT2D eigenvalue weighted by Crippen LogP contribution is 2.28. The van der Waals surface area contributed by atoms with Crippen LogP contribution in [0.3, 0.4) is 0 Å². The van der Waals surface area contributed by atoms with Crippen LogP contribution in [0.25, 0.3) is 0 Å². The summed E-state index contributed by atoms with van der Waals surface area (Å²) in [4.78, 5) is 12.7. The molecular formula is C20H22N4O4S3. The second kappa shape index (κ2) is 10.1. The molecule has 3 rings (SSSR count). The SMILES string of the molecule is CCSc1nnc(NC(=O)[C@@H](C)N(c2ccc(Oc3ccccc3)cc2)S(C)(=O)=O)s1. The number of carbonyl (C=O) groups excluding carboxylic acids is 1. The van der Waals surface area contributed by atoms with Crippen molar-refractivity contribution in [2.45, 2.75) is 24.2 Å². The number of thioether (sulfide) groups is 1. The molecule has 0 radical (unpaired) electrons. The Morgan fingerprint density at radius 3 is 2.39 bits per heavy atom. The molecule has 1 N–H and O–H groups in total. The zero-order chi connectivity index (χ0) is 22.4. The molecule has 0 unspecified atom stereocenters. The molecule has 0 bridgehead atoms. The number of anilines is 2. The second-order valence-electron chi connectivity index (χ2n) is 6.44. The Hall–Kier alpha value is -2.63. The van der Waals surface area contributed by atoms with E-state index in [0.29, 0.717) is 22.3 Å². The number of para-hydroxylation sites is 1. The van der Waals surface area contributed by atoms with Crippen LogP contribution in [-0.2, 0) is 14.8 Å². The zero-order valence-electron chi connectivity index (χ0n) is 17.2. The number of aromatic nitrogens is 2. The van der Waals surface area contributed by atoms with E-state index in [-0.39, 0.29) is 0 Å². The Morgan fingerprint density at radius 2 is 1.77 bits per heavy atom. The van der Waals surface area contributed by atoms with E-state index in [1.807, 2.05) is 37.3 Å². The van der Waals surface area contributed by atoms with Gasteiger partial charge in [-0.15, -0.1) is 10.2 Å². The van der Waals surface area contributed by atoms with Crippen LogP contribution in [0.15, 0.2) is 58.9 Å². The quantitative estimate of drug-likeness (QED) is 0.363. The predicted octanol–water partition coefficient (Wildman–Crippen LogP) is 4.24. The Bertz CT molecular complexity index is 1120. The van der Waals surface area contributed by atoms with Crippen molar-refractivity contribution in [3.05, 3.63) is 54.6 Å². The van der Waals surface area contributed by atoms with Crippen molar-refractivity contribution in [1.29, 1.82) is 0 Å². The Morgan fingerprint density at radius 1 is 1.13 bits per heavy atom. The molecule has 0 aliphatic rings. The van der Waals surface area contributed by atoms with Crippen molar-refractivity contribution in [2.75, 3.05) is 21.6 Å². The number of benzene rings is 2. The number of nitrogens with one attached hydrogen (secondary N) is 1. The largest absolute Gasteiger partial charge is 0.457 e. The molecule has 0 saturated heterocycles. The van der Waals surface area contributed by atoms with E-state index in [0.717, 1.165) is 20.7 Å². The van der Waals surface area contributed by atoms with Crippen LogP contribution in [0, 0.1) is 0 Å². The van der Waals surface area contributed by atoms with Crippen molar-refractivity contribution >= 4 is 49.8 Å². The Balaban J connectivity index is 1.76. The van der Waals surface area contributed by atoms with Gasteiger partial charge in [0.1, 0.15) is 17.5 Å². The van der Waals surface area contributed by atoms with Crippen LogP contribution < -0.4 is 14.4 Å². The molecule has 164 valence electrons. The standard InChI is InChI=1S/C20H22N4O4S3/c1-4-29-20-23-22-19(30-20)21-18(25)14(2)24(31(3,26)27)15-10-12-17(13-11-15)28-16-8-6-5-7-9-16/h5-14H,4H2,1-3H3,(H,21,22,25)/t14-/m1/s1. The summed E-state index contributed by atoms with van der Waals surface area (Å²) in [6.45, 7) is 3.51. The van der Waals surface area contributed by atoms with E-state index in [4.69, 9.17) is 4.74 Å². The first-order chi connectivity index (χ1) is 14.8. The minimum absolute atomic E-state index is 0.327. The molecule has 3 aromatic rings. The third-order valence-electron chi connectivity index (χ3n) is 4.06. The summed E-state index contributed by atoms with van der Waals surface area (Å²) in [5, 5.41) is 10.9. The lowest BCUT2D eigenvalue weighted by molar-refractivity contribution is -0.116. The van der Waals surface area contributed by atoms with Gasteiger partial charge >= 0.3 is 0 Å². The van der Waals surface area contributed by atoms with Gasteiger partial charge in [0.05, 0.1) is 11.9 Å². The topological polar surface area (TPSA) is 101 Å². The molecule has 1 aromatic heterocycles. The lowest BCUT2D eigenvalue weighted by atomic mass is 10.2. The molecule has 11 heteroatoms. The highest BCUT2D eigenvalue weighted by molar-refractivity contribution is 8.01. The number of hydrogen-bond donors (Lipinski definition) is 1. The van der Waals surface area contributed by atoms with Gasteiger partial charge in [0, 0.05) is 0 Å². The maximum Gasteiger partial charge on any atom is 0.249 e. The van der Waals surface area contributed by atoms with Gasteiger partial charge < -0.3 is 4.74 Å². The van der Waals surface area contributed by atoms with E-state index in [2.05, 4.69) is 15.5 Å². The van der Waals surface area contributed by atoms with Gasteiger partial charge in [0.2, 0.25) is 21.1 Å². The molecule has 2 aromatic carbocycles. The number of hydrogen-bond acceptors (Lipinski definition) is 8. The molecule has 0 fully saturated rings. The van der Waals surface area contributed by atoms with Crippen LogP contribution in [0.1, 0.15) is 13.8 Å². The predicted molar refractivity (Wildman–Crippen MR) is 125 cm³/mol. The molecule has 31 heavy (non-hydrogen) atoms. The first-order valence-corrected chi connectivity index (χ1v) is 13.0. The summed E-state index contributed by atoms with van der Waals surface area (Å²) in [5.74, 6) is 1.56. The molecule has 1 atom stereocenters. The Kier molecular flexibility index (Phi) is 7.52. The molecule has 8 nitrogen and oxygen atoms in total. The minimum atomic E-state index is -3.73. The fraction of sp³-hybridized carbons (Fsp3) is 0.250. The summed E-state index contributed by atoms with van der Waals surface area (Å²) < 4.78 is 32.5. The summed E-state index contributed by atoms with van der Waals surface area (Å²) in [7, 11) is -3.73. The highest BCUT2D eigenvalue weighted by atomic mass is 32.2. The van der Waals surface area contributed by atoms with Crippen molar-refractivity contribution in [2.24, 2.45) is 0 Å². The molecule has 0 aliphatic heterocycles. The van der Waals surface area contributed by atoms with Gasteiger partial charge in [0.25, 0.3) is 0 Å². The maximum atomic E-state index is 12.7. The fourth-order valence-electron chi connectivity index (χ4n) is 2.75. The summed E-state index contributed by atoms with van der Waals surface area (Å²) in [6.07, 6.45) is 1.06. The molecular weight excluding hydrogens is 456 g/mol. The third-order valence-corrected chi connectivity index (χ3v) is 7.16. The van der Waals surface area contributed by atoms with Crippen LogP contribution in [0.5, 0.6) is 11.5 Å². The molecule has 1 heterocycles. The average molecular weight is 479 g/mol. The minimum Gasteiger partial charge on any atom is -0.457 e. The number of ether oxygens (including phenoxy) is 1. The lowest BCUT2D eigenvalue weighted by Gasteiger charge is -2.28. The number of rotatable bonds is 9. The van der Waals surface area contributed by atoms with E-state index in [9.17, 15) is 13.2 Å². The van der Waals surface area contributed by atoms with E-state index in [1.165, 1.54) is 30.0 Å². The lowest BCUT2D eigenvalue weighted by Crippen LogP contribution is -2.45. The van der Waals surface area contributed by atoms with Gasteiger partial charge in [-0.05, 0) is 49.1 Å². The van der Waals surface area contributed by atoms with Gasteiger partial charge in [-0.1, -0.05) is 48.2 Å². The molecule has 0 saturated carbocycles. The number of amides is 1. The first-order valence-electron chi connectivity index (χ1n) is 9.37. The van der Waals surface area contributed by atoms with Gasteiger partial charge in [-0.3, -0.25) is 14.4 Å². The third kappa shape index (κ3) is 6.18. The maximum absolute atomic E-state index is 12.7. The second-order valence-corrected chi connectivity index (χ2v) is 10.8. The van der Waals surface area contributed by atoms with Crippen molar-refractivity contribution in [3.63, 3.8) is 0 Å². The average Bonchev–Trinajstić information content (AvgIpc) is 3.16. The van der Waals surface area contributed by atoms with Crippen molar-refractivity contribution in [1.82, 2.24) is 10.2 Å². The summed E-state index contributed by atoms with van der Waals surface area (Å²) in [6, 6.07) is 14.8. The smallest absolute Gasteiger partial charge is 0.249 e. The molecule has 0 spiro atoms. The van der Waals surface area contributed by atoms with E-state index >= 15 is 0 Å². The Labute approximate surface area is 189 Å². The van der Waals surface area contributed by atoms with Gasteiger partial charge in [-0.25, -0.2) is 8.42 Å². The summed E-state index contributed by atoms with van der Waals surface area (Å²) in [5.41, 5.74) is 0.352. The molecule has 1 amide bonds. The number of nitrogens with zero attached hydrogens (tertiary/aromatic N) is 3. The monoisotopic (exact) mass is 478 g/mol. The van der Waals surface area contributed by atoms with Crippen LogP contribution in [0.4, 0.5) is 10.8 Å². The highest BCUT2D eigenvalue weighted by Gasteiger charge is 2.29. The van der Waals surface area contributed by atoms with Gasteiger partial charge in [-0.2, -0.15) is 0 Å². The van der Waals surface area contributed by atoms with Crippen LogP contribution >= 0.6 is 23.1 Å².